The quantitative estimate of drug-likeness (QED) is 0.609. The second kappa shape index (κ2) is 4.68. The minimum absolute atomic E-state index is 0.135. The molecule has 0 unspecified atom stereocenters. The van der Waals surface area contributed by atoms with E-state index in [-0.39, 0.29) is 12.6 Å². The molecule has 0 fully saturated rings. The predicted octanol–water partition coefficient (Wildman–Crippen LogP) is 0.513. The molecule has 0 aliphatic heterocycles. The Morgan fingerprint density at radius 1 is 1.45 bits per heavy atom. The summed E-state index contributed by atoms with van der Waals surface area (Å²) in [4.78, 5) is 10.8. The highest BCUT2D eigenvalue weighted by molar-refractivity contribution is 6.69. The lowest BCUT2D eigenvalue weighted by Crippen LogP contribution is -2.29. The standard InChI is InChI=1S/C6H16O3Si2/c1-10-9-6(7)5-8-11(2,3)4/h5,10H2,1-4H3. The molecule has 0 N–H and O–H groups in total. The van der Waals surface area contributed by atoms with Crippen molar-refractivity contribution in [2.75, 3.05) is 6.61 Å². The molecular formula is C6H16O3Si2. The van der Waals surface area contributed by atoms with E-state index in [0.29, 0.717) is 0 Å². The van der Waals surface area contributed by atoms with Crippen LogP contribution in [0.2, 0.25) is 26.2 Å². The summed E-state index contributed by atoms with van der Waals surface area (Å²) in [7, 11) is -2.15. The van der Waals surface area contributed by atoms with Gasteiger partial charge in [0, 0.05) is 0 Å². The molecule has 5 heteroatoms. The van der Waals surface area contributed by atoms with Crippen molar-refractivity contribution in [3.8, 4) is 0 Å². The van der Waals surface area contributed by atoms with Gasteiger partial charge in [-0.15, -0.1) is 0 Å². The van der Waals surface area contributed by atoms with Crippen molar-refractivity contribution in [3.63, 3.8) is 0 Å². The van der Waals surface area contributed by atoms with Gasteiger partial charge in [-0.25, -0.2) is 0 Å². The number of carbonyl (C=O) groups excluding carboxylic acids is 1. The monoisotopic (exact) mass is 192 g/mol. The second-order valence-corrected chi connectivity index (χ2v) is 8.59. The van der Waals surface area contributed by atoms with Crippen LogP contribution in [0.4, 0.5) is 0 Å². The van der Waals surface area contributed by atoms with Gasteiger partial charge in [0.05, 0.1) is 0 Å². The van der Waals surface area contributed by atoms with Gasteiger partial charge in [-0.1, -0.05) is 0 Å². The fraction of sp³-hybridized carbons (Fsp3) is 0.833. The maximum atomic E-state index is 10.8. The van der Waals surface area contributed by atoms with Crippen LogP contribution in [-0.2, 0) is 13.6 Å². The fourth-order valence-electron chi connectivity index (χ4n) is 0.478. The van der Waals surface area contributed by atoms with Crippen LogP contribution in [0.5, 0.6) is 0 Å². The Labute approximate surface area is 71.2 Å². The first kappa shape index (κ1) is 10.9. The third-order valence-corrected chi connectivity index (χ3v) is 2.55. The van der Waals surface area contributed by atoms with E-state index in [1.165, 1.54) is 0 Å². The maximum absolute atomic E-state index is 10.8. The molecule has 0 rings (SSSR count). The summed E-state index contributed by atoms with van der Waals surface area (Å²) in [6, 6.07) is 0. The van der Waals surface area contributed by atoms with Crippen LogP contribution in [0.1, 0.15) is 0 Å². The first-order valence-electron chi connectivity index (χ1n) is 3.75. The highest BCUT2D eigenvalue weighted by Crippen LogP contribution is 2.01. The molecule has 0 atom stereocenters. The zero-order valence-corrected chi connectivity index (χ0v) is 10.1. The Morgan fingerprint density at radius 2 is 2.00 bits per heavy atom. The summed E-state index contributed by atoms with van der Waals surface area (Å²) in [6.45, 7) is 8.19. The van der Waals surface area contributed by atoms with Crippen molar-refractivity contribution in [1.82, 2.24) is 0 Å². The number of carbonyl (C=O) groups is 1. The molecule has 0 aromatic heterocycles. The Balaban J connectivity index is 3.46. The molecule has 0 aliphatic rings. The first-order valence-corrected chi connectivity index (χ1v) is 9.15. The van der Waals surface area contributed by atoms with Gasteiger partial charge in [-0.3, -0.25) is 4.79 Å². The number of hydrogen-bond donors (Lipinski definition) is 0. The fourth-order valence-corrected chi connectivity index (χ4v) is 1.43. The van der Waals surface area contributed by atoms with Crippen LogP contribution < -0.4 is 0 Å². The van der Waals surface area contributed by atoms with Crippen LogP contribution in [0.15, 0.2) is 0 Å². The van der Waals surface area contributed by atoms with E-state index in [0.717, 1.165) is 0 Å². The van der Waals surface area contributed by atoms with Crippen molar-refractivity contribution in [2.45, 2.75) is 26.2 Å². The van der Waals surface area contributed by atoms with Gasteiger partial charge in [0.2, 0.25) is 9.76 Å². The average molecular weight is 192 g/mol. The summed E-state index contributed by atoms with van der Waals surface area (Å²) in [5.74, 6) is -0.207. The molecule has 0 spiro atoms. The molecule has 0 aromatic rings. The average Bonchev–Trinajstić information content (AvgIpc) is 1.83. The van der Waals surface area contributed by atoms with Crippen LogP contribution in [0, 0.1) is 0 Å². The minimum atomic E-state index is -1.53. The normalized spacial score (nSPS) is 12.4. The second-order valence-electron chi connectivity index (χ2n) is 3.21. The molecule has 0 heterocycles. The summed E-state index contributed by atoms with van der Waals surface area (Å²) >= 11 is 0. The Kier molecular flexibility index (Phi) is 4.63. The van der Waals surface area contributed by atoms with E-state index >= 15 is 0 Å². The highest BCUT2D eigenvalue weighted by Gasteiger charge is 2.15. The number of rotatable bonds is 4. The molecule has 0 aromatic carbocycles. The molecule has 0 radical (unpaired) electrons. The van der Waals surface area contributed by atoms with E-state index in [1.807, 2.05) is 26.2 Å². The molecule has 3 nitrogen and oxygen atoms in total. The molecule has 0 bridgehead atoms. The van der Waals surface area contributed by atoms with Crippen LogP contribution in [-0.4, -0.2) is 30.7 Å². The largest absolute Gasteiger partial charge is 0.524 e. The lowest BCUT2D eigenvalue weighted by atomic mass is 10.8. The predicted molar refractivity (Wildman–Crippen MR) is 49.8 cm³/mol. The van der Waals surface area contributed by atoms with Crippen LogP contribution >= 0.6 is 0 Å². The topological polar surface area (TPSA) is 35.5 Å². The third kappa shape index (κ3) is 7.76. The Hall–Kier alpha value is -0.136. The van der Waals surface area contributed by atoms with Gasteiger partial charge >= 0.3 is 5.97 Å². The van der Waals surface area contributed by atoms with Gasteiger partial charge in [0.25, 0.3) is 0 Å². The molecular weight excluding hydrogens is 176 g/mol. The molecule has 0 aliphatic carbocycles. The van der Waals surface area contributed by atoms with Gasteiger partial charge in [-0.2, -0.15) is 0 Å². The van der Waals surface area contributed by atoms with Gasteiger partial charge in [0.1, 0.15) is 6.61 Å². The highest BCUT2D eigenvalue weighted by atomic mass is 28.4. The van der Waals surface area contributed by atoms with Crippen LogP contribution in [0.25, 0.3) is 0 Å². The molecule has 0 saturated heterocycles. The van der Waals surface area contributed by atoms with Crippen molar-refractivity contribution < 1.29 is 13.6 Å². The van der Waals surface area contributed by atoms with Crippen molar-refractivity contribution in [2.24, 2.45) is 0 Å². The number of hydrogen-bond acceptors (Lipinski definition) is 3. The third-order valence-electron chi connectivity index (χ3n) is 0.928. The molecule has 0 saturated carbocycles. The zero-order valence-electron chi connectivity index (χ0n) is 7.64. The van der Waals surface area contributed by atoms with E-state index < -0.39 is 18.1 Å². The molecule has 66 valence electrons. The first-order chi connectivity index (χ1) is 4.95. The summed E-state index contributed by atoms with van der Waals surface area (Å²) in [5, 5.41) is 0. The van der Waals surface area contributed by atoms with E-state index in [9.17, 15) is 4.79 Å². The lowest BCUT2D eigenvalue weighted by Gasteiger charge is -2.15. The zero-order chi connectivity index (χ0) is 8.91. The van der Waals surface area contributed by atoms with Crippen molar-refractivity contribution >= 4 is 24.0 Å². The Bertz CT molecular complexity index is 130. The summed E-state index contributed by atoms with van der Waals surface area (Å²) in [5.41, 5.74) is 0. The lowest BCUT2D eigenvalue weighted by molar-refractivity contribution is -0.136. The van der Waals surface area contributed by atoms with Gasteiger partial charge in [-0.05, 0) is 26.2 Å². The van der Waals surface area contributed by atoms with Crippen molar-refractivity contribution in [1.29, 1.82) is 0 Å². The van der Waals surface area contributed by atoms with Crippen LogP contribution in [0.3, 0.4) is 0 Å². The SMILES string of the molecule is C[SiH2]OC(=O)CO[Si](C)(C)C. The van der Waals surface area contributed by atoms with E-state index in [4.69, 9.17) is 8.85 Å². The van der Waals surface area contributed by atoms with Gasteiger partial charge < -0.3 is 8.85 Å². The summed E-state index contributed by atoms with van der Waals surface area (Å²) in [6.07, 6.45) is 0. The molecule has 11 heavy (non-hydrogen) atoms. The van der Waals surface area contributed by atoms with Crippen molar-refractivity contribution in [3.05, 3.63) is 0 Å². The van der Waals surface area contributed by atoms with E-state index in [2.05, 4.69) is 0 Å². The summed E-state index contributed by atoms with van der Waals surface area (Å²) < 4.78 is 10.2. The minimum Gasteiger partial charge on any atom is -0.524 e. The van der Waals surface area contributed by atoms with Gasteiger partial charge in [0.15, 0.2) is 8.32 Å². The smallest absolute Gasteiger partial charge is 0.317 e. The Morgan fingerprint density at radius 3 is 2.36 bits per heavy atom. The van der Waals surface area contributed by atoms with E-state index in [1.54, 1.807) is 0 Å². The molecule has 0 amide bonds. The maximum Gasteiger partial charge on any atom is 0.317 e.